The van der Waals surface area contributed by atoms with E-state index in [9.17, 15) is 9.59 Å². The third-order valence-electron chi connectivity index (χ3n) is 4.58. The predicted molar refractivity (Wildman–Crippen MR) is 111 cm³/mol. The topological polar surface area (TPSA) is 113 Å². The quantitative estimate of drug-likeness (QED) is 0.421. The summed E-state index contributed by atoms with van der Waals surface area (Å²) in [5.41, 5.74) is 9.66. The third-order valence-corrected chi connectivity index (χ3v) is 4.58. The number of nitrogens with two attached hydrogens (primary N) is 1. The zero-order valence-corrected chi connectivity index (χ0v) is 15.4. The molecule has 1 aromatic heterocycles. The lowest BCUT2D eigenvalue weighted by atomic mass is 9.97. The van der Waals surface area contributed by atoms with Crippen LogP contribution in [0.2, 0.25) is 0 Å². The van der Waals surface area contributed by atoms with Crippen molar-refractivity contribution in [3.05, 3.63) is 95.8 Å². The van der Waals surface area contributed by atoms with E-state index in [1.54, 1.807) is 30.6 Å². The van der Waals surface area contributed by atoms with Gasteiger partial charge in [0.2, 0.25) is 0 Å². The van der Waals surface area contributed by atoms with Gasteiger partial charge in [0, 0.05) is 11.3 Å². The highest BCUT2D eigenvalue weighted by atomic mass is 16.2. The normalized spacial score (nSPS) is 11.7. The zero-order valence-electron chi connectivity index (χ0n) is 15.4. The van der Waals surface area contributed by atoms with E-state index in [2.05, 4.69) is 20.6 Å². The number of aromatic amines is 1. The number of primary amides is 1. The first-order valence-corrected chi connectivity index (χ1v) is 9.05. The predicted octanol–water partition coefficient (Wildman–Crippen LogP) is 3.57. The van der Waals surface area contributed by atoms with Gasteiger partial charge in [-0.15, -0.1) is 0 Å². The molecule has 0 fully saturated rings. The Hall–Kier alpha value is -4.13. The number of urea groups is 1. The van der Waals surface area contributed by atoms with E-state index >= 15 is 0 Å². The van der Waals surface area contributed by atoms with Crippen LogP contribution in [0.15, 0.2) is 79.1 Å². The molecule has 0 bridgehead atoms. The van der Waals surface area contributed by atoms with Crippen LogP contribution >= 0.6 is 0 Å². The number of aromatic nitrogens is 2. The number of imidazole rings is 1. The van der Waals surface area contributed by atoms with Crippen LogP contribution in [-0.2, 0) is 0 Å². The van der Waals surface area contributed by atoms with Crippen LogP contribution in [0, 0.1) is 0 Å². The standard InChI is InChI=1S/C22H19N5O2/c23-22(29)26-17-8-4-7-16(11-17)21(28)27-20(14-5-2-1-3-6-14)15-9-10-18-19(12-15)25-13-24-18/h1-13,20H,(H,24,25)(H,27,28)(H3,23,26,29). The van der Waals surface area contributed by atoms with Crippen LogP contribution in [0.4, 0.5) is 10.5 Å². The summed E-state index contributed by atoms with van der Waals surface area (Å²) in [6.07, 6.45) is 1.64. The molecule has 1 atom stereocenters. The van der Waals surface area contributed by atoms with E-state index < -0.39 is 6.03 Å². The average molecular weight is 385 g/mol. The molecule has 29 heavy (non-hydrogen) atoms. The van der Waals surface area contributed by atoms with Crippen molar-refractivity contribution in [3.63, 3.8) is 0 Å². The smallest absolute Gasteiger partial charge is 0.316 e. The number of rotatable bonds is 5. The number of H-pyrrole nitrogens is 1. The van der Waals surface area contributed by atoms with Crippen LogP contribution in [0.3, 0.4) is 0 Å². The Bertz CT molecular complexity index is 1170. The van der Waals surface area contributed by atoms with Crippen molar-refractivity contribution >= 4 is 28.7 Å². The SMILES string of the molecule is NC(=O)Nc1cccc(C(=O)NC(c2ccccc2)c2ccc3nc[nH]c3c2)c1. The van der Waals surface area contributed by atoms with E-state index in [0.29, 0.717) is 11.3 Å². The zero-order chi connectivity index (χ0) is 20.2. The Morgan fingerprint density at radius 2 is 1.76 bits per heavy atom. The fraction of sp³-hybridized carbons (Fsp3) is 0.0455. The highest BCUT2D eigenvalue weighted by Gasteiger charge is 2.19. The van der Waals surface area contributed by atoms with Crippen molar-refractivity contribution < 1.29 is 9.59 Å². The number of nitrogens with one attached hydrogen (secondary N) is 3. The number of carbonyl (C=O) groups excluding carboxylic acids is 2. The molecule has 3 aromatic carbocycles. The molecule has 0 saturated carbocycles. The van der Waals surface area contributed by atoms with Gasteiger partial charge in [-0.2, -0.15) is 0 Å². The van der Waals surface area contributed by atoms with Gasteiger partial charge in [0.15, 0.2) is 0 Å². The lowest BCUT2D eigenvalue weighted by Crippen LogP contribution is -2.29. The number of nitrogens with zero attached hydrogens (tertiary/aromatic N) is 1. The largest absolute Gasteiger partial charge is 0.351 e. The molecule has 0 spiro atoms. The fourth-order valence-corrected chi connectivity index (χ4v) is 3.23. The molecule has 0 aliphatic heterocycles. The minimum Gasteiger partial charge on any atom is -0.351 e. The summed E-state index contributed by atoms with van der Waals surface area (Å²) >= 11 is 0. The van der Waals surface area contributed by atoms with Gasteiger partial charge < -0.3 is 21.4 Å². The molecule has 5 N–H and O–H groups in total. The van der Waals surface area contributed by atoms with E-state index in [4.69, 9.17) is 5.73 Å². The van der Waals surface area contributed by atoms with Crippen molar-refractivity contribution in [1.82, 2.24) is 15.3 Å². The van der Waals surface area contributed by atoms with Crippen molar-refractivity contribution in [2.75, 3.05) is 5.32 Å². The van der Waals surface area contributed by atoms with E-state index in [1.807, 2.05) is 48.5 Å². The minimum absolute atomic E-state index is 0.267. The first-order valence-electron chi connectivity index (χ1n) is 9.05. The van der Waals surface area contributed by atoms with Crippen LogP contribution < -0.4 is 16.4 Å². The van der Waals surface area contributed by atoms with Crippen LogP contribution in [-0.4, -0.2) is 21.9 Å². The number of carbonyl (C=O) groups is 2. The molecule has 7 nitrogen and oxygen atoms in total. The molecule has 7 heteroatoms. The van der Waals surface area contributed by atoms with Gasteiger partial charge in [-0.05, 0) is 41.5 Å². The van der Waals surface area contributed by atoms with Gasteiger partial charge in [-0.25, -0.2) is 9.78 Å². The second-order valence-corrected chi connectivity index (χ2v) is 6.57. The Balaban J connectivity index is 1.67. The van der Waals surface area contributed by atoms with Gasteiger partial charge >= 0.3 is 6.03 Å². The van der Waals surface area contributed by atoms with Crippen molar-refractivity contribution in [2.24, 2.45) is 5.73 Å². The van der Waals surface area contributed by atoms with Gasteiger partial charge in [0.05, 0.1) is 23.4 Å². The summed E-state index contributed by atoms with van der Waals surface area (Å²) in [6.45, 7) is 0. The van der Waals surface area contributed by atoms with Gasteiger partial charge in [-0.1, -0.05) is 42.5 Å². The summed E-state index contributed by atoms with van der Waals surface area (Å²) in [5.74, 6) is -0.267. The second kappa shape index (κ2) is 7.85. The van der Waals surface area contributed by atoms with Crippen molar-refractivity contribution in [1.29, 1.82) is 0 Å². The van der Waals surface area contributed by atoms with Crippen LogP contribution in [0.5, 0.6) is 0 Å². The number of hydrogen-bond acceptors (Lipinski definition) is 3. The average Bonchev–Trinajstić information content (AvgIpc) is 3.20. The van der Waals surface area contributed by atoms with Crippen LogP contribution in [0.25, 0.3) is 11.0 Å². The number of benzene rings is 3. The Labute approximate surface area is 167 Å². The Kier molecular flexibility index (Phi) is 4.94. The van der Waals surface area contributed by atoms with Gasteiger partial charge in [0.1, 0.15) is 0 Å². The first kappa shape index (κ1) is 18.2. The maximum absolute atomic E-state index is 13.0. The molecular formula is C22H19N5O2. The molecule has 0 aliphatic rings. The van der Waals surface area contributed by atoms with Crippen molar-refractivity contribution in [3.8, 4) is 0 Å². The lowest BCUT2D eigenvalue weighted by Gasteiger charge is -2.20. The Morgan fingerprint density at radius 3 is 2.55 bits per heavy atom. The number of fused-ring (bicyclic) bond motifs is 1. The first-order chi connectivity index (χ1) is 14.1. The Morgan fingerprint density at radius 1 is 0.931 bits per heavy atom. The number of hydrogen-bond donors (Lipinski definition) is 4. The minimum atomic E-state index is -0.683. The molecule has 0 aliphatic carbocycles. The highest BCUT2D eigenvalue weighted by Crippen LogP contribution is 2.25. The monoisotopic (exact) mass is 385 g/mol. The number of anilines is 1. The maximum Gasteiger partial charge on any atom is 0.316 e. The van der Waals surface area contributed by atoms with Gasteiger partial charge in [-0.3, -0.25) is 4.79 Å². The molecule has 0 saturated heterocycles. The molecule has 4 aromatic rings. The van der Waals surface area contributed by atoms with E-state index in [0.717, 1.165) is 22.2 Å². The summed E-state index contributed by atoms with van der Waals surface area (Å²) in [4.78, 5) is 31.4. The highest BCUT2D eigenvalue weighted by molar-refractivity contribution is 5.97. The number of amides is 3. The molecule has 4 rings (SSSR count). The molecule has 0 radical (unpaired) electrons. The molecular weight excluding hydrogens is 366 g/mol. The molecule has 1 unspecified atom stereocenters. The summed E-state index contributed by atoms with van der Waals surface area (Å²) < 4.78 is 0. The van der Waals surface area contributed by atoms with E-state index in [-0.39, 0.29) is 11.9 Å². The summed E-state index contributed by atoms with van der Waals surface area (Å²) in [5, 5.41) is 5.57. The summed E-state index contributed by atoms with van der Waals surface area (Å²) in [7, 11) is 0. The van der Waals surface area contributed by atoms with Crippen molar-refractivity contribution in [2.45, 2.75) is 6.04 Å². The second-order valence-electron chi connectivity index (χ2n) is 6.57. The lowest BCUT2D eigenvalue weighted by molar-refractivity contribution is 0.0943. The molecule has 144 valence electrons. The van der Waals surface area contributed by atoms with Gasteiger partial charge in [0.25, 0.3) is 5.91 Å². The molecule has 3 amide bonds. The fourth-order valence-electron chi connectivity index (χ4n) is 3.23. The third kappa shape index (κ3) is 4.08. The molecule has 1 heterocycles. The maximum atomic E-state index is 13.0. The van der Waals surface area contributed by atoms with E-state index in [1.165, 1.54) is 0 Å². The van der Waals surface area contributed by atoms with Crippen LogP contribution in [0.1, 0.15) is 27.5 Å². The summed E-state index contributed by atoms with van der Waals surface area (Å²) in [6, 6.07) is 21.2.